The van der Waals surface area contributed by atoms with Gasteiger partial charge < -0.3 is 15.4 Å². The lowest BCUT2D eigenvalue weighted by atomic mass is 10.0. The highest BCUT2D eigenvalue weighted by molar-refractivity contribution is 6.31. The Bertz CT molecular complexity index is 1100. The number of piperidine rings is 1. The molecule has 168 valence electrons. The highest BCUT2D eigenvalue weighted by atomic mass is 35.5. The van der Waals surface area contributed by atoms with E-state index in [9.17, 15) is 9.18 Å². The SMILES string of the molecule is Cn1nccc1-c1cc(NC(=O)c2ccc(F)c(Cl)c2)ccc1OCCC1CCCCN1. The van der Waals surface area contributed by atoms with E-state index in [1.165, 1.54) is 37.5 Å². The lowest BCUT2D eigenvalue weighted by Crippen LogP contribution is -2.35. The first kappa shape index (κ1) is 22.3. The van der Waals surface area contributed by atoms with Gasteiger partial charge in [-0.15, -0.1) is 0 Å². The second kappa shape index (κ2) is 10.1. The number of rotatable bonds is 7. The molecule has 8 heteroatoms. The zero-order valence-electron chi connectivity index (χ0n) is 17.9. The maximum Gasteiger partial charge on any atom is 0.255 e. The molecular formula is C24H26ClFN4O2. The van der Waals surface area contributed by atoms with Gasteiger partial charge in [0.2, 0.25) is 0 Å². The van der Waals surface area contributed by atoms with Gasteiger partial charge in [0.05, 0.1) is 17.3 Å². The van der Waals surface area contributed by atoms with Gasteiger partial charge >= 0.3 is 0 Å². The molecule has 2 N–H and O–H groups in total. The van der Waals surface area contributed by atoms with E-state index in [2.05, 4.69) is 15.7 Å². The number of aromatic nitrogens is 2. The number of ether oxygens (including phenoxy) is 1. The number of carbonyl (C=O) groups is 1. The summed E-state index contributed by atoms with van der Waals surface area (Å²) in [6, 6.07) is 11.8. The number of carbonyl (C=O) groups excluding carboxylic acids is 1. The summed E-state index contributed by atoms with van der Waals surface area (Å²) in [6.45, 7) is 1.67. The average molecular weight is 457 g/mol. The fourth-order valence-electron chi connectivity index (χ4n) is 3.89. The van der Waals surface area contributed by atoms with E-state index in [0.717, 1.165) is 30.0 Å². The third-order valence-corrected chi connectivity index (χ3v) is 5.94. The van der Waals surface area contributed by atoms with Crippen LogP contribution in [-0.2, 0) is 7.05 Å². The van der Waals surface area contributed by atoms with Gasteiger partial charge in [0.15, 0.2) is 0 Å². The lowest BCUT2D eigenvalue weighted by molar-refractivity contribution is 0.102. The summed E-state index contributed by atoms with van der Waals surface area (Å²) in [5.41, 5.74) is 2.57. The Kier molecular flexibility index (Phi) is 7.07. The molecule has 1 atom stereocenters. The third kappa shape index (κ3) is 5.29. The van der Waals surface area contributed by atoms with E-state index in [-0.39, 0.29) is 16.5 Å². The van der Waals surface area contributed by atoms with Crippen molar-refractivity contribution in [3.05, 3.63) is 65.1 Å². The smallest absolute Gasteiger partial charge is 0.255 e. The van der Waals surface area contributed by atoms with Crippen molar-refractivity contribution in [3.8, 4) is 17.0 Å². The first-order chi connectivity index (χ1) is 15.5. The van der Waals surface area contributed by atoms with E-state index in [1.54, 1.807) is 16.9 Å². The first-order valence-electron chi connectivity index (χ1n) is 10.8. The fraction of sp³-hybridized carbons (Fsp3) is 0.333. The normalized spacial score (nSPS) is 16.0. The van der Waals surface area contributed by atoms with Crippen molar-refractivity contribution < 1.29 is 13.9 Å². The number of benzene rings is 2. The Morgan fingerprint density at radius 2 is 2.16 bits per heavy atom. The van der Waals surface area contributed by atoms with E-state index < -0.39 is 5.82 Å². The predicted octanol–water partition coefficient (Wildman–Crippen LogP) is 5.04. The summed E-state index contributed by atoms with van der Waals surface area (Å²) in [7, 11) is 1.86. The van der Waals surface area contributed by atoms with Crippen LogP contribution in [0, 0.1) is 5.82 Å². The Balaban J connectivity index is 1.52. The number of anilines is 1. The molecule has 1 aliphatic rings. The van der Waals surface area contributed by atoms with Crippen LogP contribution in [0.4, 0.5) is 10.1 Å². The molecule has 0 saturated carbocycles. The molecule has 1 fully saturated rings. The van der Waals surface area contributed by atoms with Crippen LogP contribution in [0.2, 0.25) is 5.02 Å². The topological polar surface area (TPSA) is 68.2 Å². The number of nitrogens with zero attached hydrogens (tertiary/aromatic N) is 2. The minimum atomic E-state index is -0.563. The average Bonchev–Trinajstić information content (AvgIpc) is 3.23. The van der Waals surface area contributed by atoms with Crippen molar-refractivity contribution >= 4 is 23.2 Å². The number of nitrogens with one attached hydrogen (secondary N) is 2. The van der Waals surface area contributed by atoms with Gasteiger partial charge in [-0.3, -0.25) is 9.48 Å². The van der Waals surface area contributed by atoms with Crippen molar-refractivity contribution in [1.82, 2.24) is 15.1 Å². The largest absolute Gasteiger partial charge is 0.493 e. The Morgan fingerprint density at radius 3 is 2.88 bits per heavy atom. The van der Waals surface area contributed by atoms with Crippen molar-refractivity contribution in [3.63, 3.8) is 0 Å². The first-order valence-corrected chi connectivity index (χ1v) is 11.1. The molecule has 1 saturated heterocycles. The Morgan fingerprint density at radius 1 is 1.28 bits per heavy atom. The second-order valence-electron chi connectivity index (χ2n) is 7.92. The summed E-state index contributed by atoms with van der Waals surface area (Å²) in [4.78, 5) is 12.6. The van der Waals surface area contributed by atoms with Gasteiger partial charge in [-0.05, 0) is 68.3 Å². The molecule has 32 heavy (non-hydrogen) atoms. The molecule has 3 aromatic rings. The predicted molar refractivity (Wildman–Crippen MR) is 124 cm³/mol. The van der Waals surface area contributed by atoms with Crippen LogP contribution in [0.1, 0.15) is 36.0 Å². The molecule has 1 unspecified atom stereocenters. The van der Waals surface area contributed by atoms with E-state index in [4.69, 9.17) is 16.3 Å². The number of amides is 1. The standard InChI is InChI=1S/C24H26ClFN4O2/c1-30-22(9-12-28-30)19-15-18(29-24(31)16-5-7-21(26)20(25)14-16)6-8-23(19)32-13-10-17-4-2-3-11-27-17/h5-9,12,14-15,17,27H,2-4,10-11,13H2,1H3,(H,29,31). The van der Waals surface area contributed by atoms with E-state index >= 15 is 0 Å². The Hall–Kier alpha value is -2.90. The highest BCUT2D eigenvalue weighted by Crippen LogP contribution is 2.33. The van der Waals surface area contributed by atoms with Crippen molar-refractivity contribution in [1.29, 1.82) is 0 Å². The zero-order chi connectivity index (χ0) is 22.5. The Labute approximate surface area is 191 Å². The zero-order valence-corrected chi connectivity index (χ0v) is 18.7. The molecule has 1 aliphatic heterocycles. The monoisotopic (exact) mass is 456 g/mol. The summed E-state index contributed by atoms with van der Waals surface area (Å²) >= 11 is 5.81. The minimum absolute atomic E-state index is 0.0931. The molecule has 0 spiro atoms. The molecule has 2 heterocycles. The molecule has 1 aromatic heterocycles. The van der Waals surface area contributed by atoms with E-state index in [0.29, 0.717) is 18.3 Å². The molecule has 4 rings (SSSR count). The highest BCUT2D eigenvalue weighted by Gasteiger charge is 2.16. The number of aryl methyl sites for hydroxylation is 1. The fourth-order valence-corrected chi connectivity index (χ4v) is 4.07. The van der Waals surface area contributed by atoms with Crippen molar-refractivity contribution in [2.45, 2.75) is 31.7 Å². The van der Waals surface area contributed by atoms with Gasteiger partial charge in [-0.1, -0.05) is 18.0 Å². The van der Waals surface area contributed by atoms with Crippen LogP contribution in [0.15, 0.2) is 48.7 Å². The van der Waals surface area contributed by atoms with Crippen LogP contribution in [0.5, 0.6) is 5.75 Å². The number of hydrogen-bond donors (Lipinski definition) is 2. The van der Waals surface area contributed by atoms with Crippen LogP contribution in [0.3, 0.4) is 0 Å². The minimum Gasteiger partial charge on any atom is -0.493 e. The molecule has 0 aliphatic carbocycles. The van der Waals surface area contributed by atoms with Crippen molar-refractivity contribution in [2.75, 3.05) is 18.5 Å². The van der Waals surface area contributed by atoms with Crippen LogP contribution >= 0.6 is 11.6 Å². The summed E-state index contributed by atoms with van der Waals surface area (Å²) in [6.07, 6.45) is 6.33. The third-order valence-electron chi connectivity index (χ3n) is 5.65. The van der Waals surface area contributed by atoms with Crippen LogP contribution < -0.4 is 15.4 Å². The molecule has 0 bridgehead atoms. The maximum atomic E-state index is 13.4. The second-order valence-corrected chi connectivity index (χ2v) is 8.33. The molecule has 1 amide bonds. The summed E-state index contributed by atoms with van der Waals surface area (Å²) in [5, 5.41) is 10.5. The van der Waals surface area contributed by atoms with E-state index in [1.807, 2.05) is 25.2 Å². The van der Waals surface area contributed by atoms with Gasteiger partial charge in [-0.25, -0.2) is 4.39 Å². The number of hydrogen-bond acceptors (Lipinski definition) is 4. The lowest BCUT2D eigenvalue weighted by Gasteiger charge is -2.23. The molecule has 6 nitrogen and oxygen atoms in total. The van der Waals surface area contributed by atoms with Gasteiger partial charge in [0, 0.05) is 36.1 Å². The number of halogens is 2. The van der Waals surface area contributed by atoms with Gasteiger partial charge in [-0.2, -0.15) is 5.10 Å². The van der Waals surface area contributed by atoms with Crippen LogP contribution in [-0.4, -0.2) is 34.9 Å². The molecule has 2 aromatic carbocycles. The molecule has 0 radical (unpaired) electrons. The van der Waals surface area contributed by atoms with Crippen LogP contribution in [0.25, 0.3) is 11.3 Å². The maximum absolute atomic E-state index is 13.4. The summed E-state index contributed by atoms with van der Waals surface area (Å²) in [5.74, 6) is -0.209. The summed E-state index contributed by atoms with van der Waals surface area (Å²) < 4.78 is 21.3. The van der Waals surface area contributed by atoms with Gasteiger partial charge in [0.1, 0.15) is 11.6 Å². The van der Waals surface area contributed by atoms with Gasteiger partial charge in [0.25, 0.3) is 5.91 Å². The van der Waals surface area contributed by atoms with Crippen molar-refractivity contribution in [2.24, 2.45) is 7.05 Å². The molecular weight excluding hydrogens is 431 g/mol. The quantitative estimate of drug-likeness (QED) is 0.522.